The number of ether oxygens (including phenoxy) is 1. The summed E-state index contributed by atoms with van der Waals surface area (Å²) in [6.45, 7) is 1.40. The second-order valence-electron chi connectivity index (χ2n) is 3.55. The predicted molar refractivity (Wildman–Crippen MR) is 40.0 cm³/mol. The molecule has 11 heavy (non-hydrogen) atoms. The van der Waals surface area contributed by atoms with Gasteiger partial charge in [-0.15, -0.1) is 0 Å². The Labute approximate surface area is 65.2 Å². The van der Waals surface area contributed by atoms with E-state index in [4.69, 9.17) is 10.3 Å². The van der Waals surface area contributed by atoms with Crippen LogP contribution in [0.5, 0.6) is 0 Å². The largest absolute Gasteiger partial charge is 0.377 e. The molecule has 0 radical (unpaired) electrons. The monoisotopic (exact) mass is 153 g/mol. The van der Waals surface area contributed by atoms with Crippen LogP contribution in [-0.4, -0.2) is 19.3 Å². The Kier molecular flexibility index (Phi) is 1.51. The van der Waals surface area contributed by atoms with Gasteiger partial charge in [-0.3, -0.25) is 0 Å². The molecule has 0 aromatic heterocycles. The lowest BCUT2D eigenvalue weighted by atomic mass is 10.0. The van der Waals surface area contributed by atoms with Crippen molar-refractivity contribution in [2.75, 3.05) is 13.2 Å². The van der Waals surface area contributed by atoms with Gasteiger partial charge in [-0.2, -0.15) is 0 Å². The minimum Gasteiger partial charge on any atom is -0.377 e. The van der Waals surface area contributed by atoms with Crippen molar-refractivity contribution in [2.45, 2.75) is 25.4 Å². The first kappa shape index (κ1) is 6.95. The SMILES string of the molecule is [N-]=[N+]=NC[C@@H]1CC2(CC2)CO1. The summed E-state index contributed by atoms with van der Waals surface area (Å²) in [5.41, 5.74) is 8.58. The third-order valence-corrected chi connectivity index (χ3v) is 2.59. The Hall–Kier alpha value is -0.730. The molecular formula is C7H11N3O. The van der Waals surface area contributed by atoms with Crippen LogP contribution in [-0.2, 0) is 4.74 Å². The van der Waals surface area contributed by atoms with Gasteiger partial charge in [-0.25, -0.2) is 0 Å². The van der Waals surface area contributed by atoms with E-state index in [9.17, 15) is 0 Å². The summed E-state index contributed by atoms with van der Waals surface area (Å²) in [6, 6.07) is 0. The van der Waals surface area contributed by atoms with Crippen LogP contribution in [0.2, 0.25) is 0 Å². The normalized spacial score (nSPS) is 31.8. The number of hydrogen-bond acceptors (Lipinski definition) is 2. The Morgan fingerprint density at radius 1 is 1.64 bits per heavy atom. The maximum Gasteiger partial charge on any atom is 0.0637 e. The summed E-state index contributed by atoms with van der Waals surface area (Å²) >= 11 is 0. The zero-order chi connectivity index (χ0) is 7.73. The van der Waals surface area contributed by atoms with Crippen LogP contribution >= 0.6 is 0 Å². The van der Waals surface area contributed by atoms with E-state index in [2.05, 4.69) is 10.0 Å². The number of nitrogens with zero attached hydrogens (tertiary/aromatic N) is 3. The molecule has 0 N–H and O–H groups in total. The molecule has 0 unspecified atom stereocenters. The highest BCUT2D eigenvalue weighted by Crippen LogP contribution is 2.53. The van der Waals surface area contributed by atoms with E-state index in [0.717, 1.165) is 13.0 Å². The number of azide groups is 1. The fraction of sp³-hybridized carbons (Fsp3) is 1.00. The van der Waals surface area contributed by atoms with Crippen molar-refractivity contribution in [1.29, 1.82) is 0 Å². The van der Waals surface area contributed by atoms with E-state index >= 15 is 0 Å². The molecule has 0 amide bonds. The van der Waals surface area contributed by atoms with Crippen LogP contribution in [0.3, 0.4) is 0 Å². The van der Waals surface area contributed by atoms with Gasteiger partial charge in [0.25, 0.3) is 0 Å². The summed E-state index contributed by atoms with van der Waals surface area (Å²) in [4.78, 5) is 2.71. The molecule has 1 atom stereocenters. The minimum absolute atomic E-state index is 0.202. The third-order valence-electron chi connectivity index (χ3n) is 2.59. The number of hydrogen-bond donors (Lipinski definition) is 0. The first-order valence-electron chi connectivity index (χ1n) is 3.97. The fourth-order valence-corrected chi connectivity index (χ4v) is 1.67. The van der Waals surface area contributed by atoms with Crippen molar-refractivity contribution in [3.05, 3.63) is 10.4 Å². The van der Waals surface area contributed by atoms with Gasteiger partial charge in [0.05, 0.1) is 19.3 Å². The molecule has 1 saturated carbocycles. The summed E-state index contributed by atoms with van der Waals surface area (Å²) in [6.07, 6.45) is 3.92. The van der Waals surface area contributed by atoms with E-state index in [-0.39, 0.29) is 6.10 Å². The summed E-state index contributed by atoms with van der Waals surface area (Å²) in [5.74, 6) is 0. The number of rotatable bonds is 2. The average Bonchev–Trinajstić information content (AvgIpc) is 2.61. The van der Waals surface area contributed by atoms with Crippen molar-refractivity contribution in [3.63, 3.8) is 0 Å². The molecule has 4 heteroatoms. The molecule has 2 rings (SSSR count). The summed E-state index contributed by atoms with van der Waals surface area (Å²) in [5, 5.41) is 3.50. The topological polar surface area (TPSA) is 58.0 Å². The molecule has 2 aliphatic rings. The van der Waals surface area contributed by atoms with E-state index in [1.807, 2.05) is 0 Å². The molecule has 1 spiro atoms. The Morgan fingerprint density at radius 2 is 2.45 bits per heavy atom. The summed E-state index contributed by atoms with van der Waals surface area (Å²) < 4.78 is 5.47. The zero-order valence-electron chi connectivity index (χ0n) is 6.36. The lowest BCUT2D eigenvalue weighted by molar-refractivity contribution is 0.111. The predicted octanol–water partition coefficient (Wildman–Crippen LogP) is 1.87. The molecular weight excluding hydrogens is 142 g/mol. The second-order valence-corrected chi connectivity index (χ2v) is 3.55. The van der Waals surface area contributed by atoms with Gasteiger partial charge in [0, 0.05) is 4.91 Å². The van der Waals surface area contributed by atoms with Crippen LogP contribution in [0.15, 0.2) is 5.11 Å². The van der Waals surface area contributed by atoms with Gasteiger partial charge in [0.1, 0.15) is 0 Å². The van der Waals surface area contributed by atoms with Crippen LogP contribution < -0.4 is 0 Å². The molecule has 4 nitrogen and oxygen atoms in total. The lowest BCUT2D eigenvalue weighted by Crippen LogP contribution is -2.08. The zero-order valence-corrected chi connectivity index (χ0v) is 6.36. The fourth-order valence-electron chi connectivity index (χ4n) is 1.67. The highest BCUT2D eigenvalue weighted by atomic mass is 16.5. The van der Waals surface area contributed by atoms with Crippen LogP contribution in [0, 0.1) is 5.41 Å². The van der Waals surface area contributed by atoms with Gasteiger partial charge in [-0.05, 0) is 30.2 Å². The van der Waals surface area contributed by atoms with Crippen molar-refractivity contribution in [1.82, 2.24) is 0 Å². The minimum atomic E-state index is 0.202. The Balaban J connectivity index is 1.84. The first-order valence-corrected chi connectivity index (χ1v) is 3.97. The van der Waals surface area contributed by atoms with Gasteiger partial charge < -0.3 is 4.74 Å². The smallest absolute Gasteiger partial charge is 0.0637 e. The Bertz CT molecular complexity index is 206. The quantitative estimate of drug-likeness (QED) is 0.339. The van der Waals surface area contributed by atoms with Crippen LogP contribution in [0.1, 0.15) is 19.3 Å². The van der Waals surface area contributed by atoms with Gasteiger partial charge in [0.15, 0.2) is 0 Å². The van der Waals surface area contributed by atoms with Crippen molar-refractivity contribution in [2.24, 2.45) is 10.5 Å². The van der Waals surface area contributed by atoms with E-state index in [1.165, 1.54) is 12.8 Å². The van der Waals surface area contributed by atoms with Crippen molar-refractivity contribution >= 4 is 0 Å². The van der Waals surface area contributed by atoms with E-state index in [0.29, 0.717) is 12.0 Å². The van der Waals surface area contributed by atoms with Gasteiger partial charge in [0.2, 0.25) is 0 Å². The maximum atomic E-state index is 8.08. The highest BCUT2D eigenvalue weighted by Gasteiger charge is 2.48. The van der Waals surface area contributed by atoms with Crippen LogP contribution in [0.4, 0.5) is 0 Å². The van der Waals surface area contributed by atoms with Crippen molar-refractivity contribution in [3.8, 4) is 0 Å². The standard InChI is InChI=1S/C7H11N3O/c8-10-9-4-6-3-7(1-2-7)5-11-6/h6H,1-5H2/t6-/m0/s1. The molecule has 1 aliphatic carbocycles. The van der Waals surface area contributed by atoms with E-state index in [1.54, 1.807) is 0 Å². The van der Waals surface area contributed by atoms with Gasteiger partial charge >= 0.3 is 0 Å². The lowest BCUT2D eigenvalue weighted by Gasteiger charge is -2.02. The molecule has 1 saturated heterocycles. The van der Waals surface area contributed by atoms with Crippen LogP contribution in [0.25, 0.3) is 10.4 Å². The Morgan fingerprint density at radius 3 is 3.00 bits per heavy atom. The summed E-state index contributed by atoms with van der Waals surface area (Å²) in [7, 11) is 0. The molecule has 0 bridgehead atoms. The maximum absolute atomic E-state index is 8.08. The molecule has 1 aliphatic heterocycles. The van der Waals surface area contributed by atoms with Gasteiger partial charge in [-0.1, -0.05) is 5.11 Å². The molecule has 2 fully saturated rings. The first-order chi connectivity index (χ1) is 5.35. The second kappa shape index (κ2) is 2.40. The highest BCUT2D eigenvalue weighted by molar-refractivity contribution is 4.99. The van der Waals surface area contributed by atoms with E-state index < -0.39 is 0 Å². The third kappa shape index (κ3) is 1.32. The average molecular weight is 153 g/mol. The molecule has 0 aromatic carbocycles. The molecule has 0 aromatic rings. The molecule has 60 valence electrons. The molecule has 1 heterocycles. The van der Waals surface area contributed by atoms with Crippen molar-refractivity contribution < 1.29 is 4.74 Å².